The molecular weight excluding hydrogens is 236 g/mol. The SMILES string of the molecule is CCC1(C)CCN(C(=O)NC[C@H](O)C(=O)O)CC1. The Balaban J connectivity index is 2.34. The van der Waals surface area contributed by atoms with Gasteiger partial charge in [-0.3, -0.25) is 0 Å². The number of aliphatic hydroxyl groups is 1. The van der Waals surface area contributed by atoms with E-state index in [1.165, 1.54) is 0 Å². The summed E-state index contributed by atoms with van der Waals surface area (Å²) < 4.78 is 0. The summed E-state index contributed by atoms with van der Waals surface area (Å²) in [5.41, 5.74) is 0.303. The van der Waals surface area contributed by atoms with Crippen LogP contribution in [0.4, 0.5) is 4.79 Å². The van der Waals surface area contributed by atoms with E-state index in [1.807, 2.05) is 0 Å². The molecule has 1 atom stereocenters. The van der Waals surface area contributed by atoms with Crippen LogP contribution in [0.5, 0.6) is 0 Å². The number of carbonyl (C=O) groups excluding carboxylic acids is 1. The lowest BCUT2D eigenvalue weighted by Gasteiger charge is -2.38. The molecule has 0 aromatic rings. The molecule has 0 aromatic carbocycles. The third-order valence-electron chi connectivity index (χ3n) is 3.84. The van der Waals surface area contributed by atoms with Crippen LogP contribution in [-0.2, 0) is 4.79 Å². The first-order valence-corrected chi connectivity index (χ1v) is 6.31. The number of hydrogen-bond donors (Lipinski definition) is 3. The maximum absolute atomic E-state index is 11.7. The van der Waals surface area contributed by atoms with Crippen LogP contribution in [-0.4, -0.2) is 52.9 Å². The van der Waals surface area contributed by atoms with E-state index in [0.29, 0.717) is 18.5 Å². The van der Waals surface area contributed by atoms with Crippen molar-refractivity contribution in [3.8, 4) is 0 Å². The summed E-state index contributed by atoms with van der Waals surface area (Å²) in [4.78, 5) is 23.8. The van der Waals surface area contributed by atoms with E-state index < -0.39 is 12.1 Å². The van der Waals surface area contributed by atoms with Crippen LogP contribution in [0.15, 0.2) is 0 Å². The van der Waals surface area contributed by atoms with Crippen molar-refractivity contribution < 1.29 is 19.8 Å². The van der Waals surface area contributed by atoms with Crippen molar-refractivity contribution >= 4 is 12.0 Å². The number of amides is 2. The molecule has 0 unspecified atom stereocenters. The van der Waals surface area contributed by atoms with Crippen molar-refractivity contribution in [2.24, 2.45) is 5.41 Å². The fourth-order valence-corrected chi connectivity index (χ4v) is 1.99. The second-order valence-corrected chi connectivity index (χ2v) is 5.19. The fourth-order valence-electron chi connectivity index (χ4n) is 1.99. The molecule has 3 N–H and O–H groups in total. The number of piperidine rings is 1. The molecule has 0 saturated carbocycles. The smallest absolute Gasteiger partial charge is 0.334 e. The molecule has 0 aliphatic carbocycles. The first kappa shape index (κ1) is 14.8. The Morgan fingerprint density at radius 2 is 1.94 bits per heavy atom. The van der Waals surface area contributed by atoms with Crippen LogP contribution in [0.2, 0.25) is 0 Å². The summed E-state index contributed by atoms with van der Waals surface area (Å²) >= 11 is 0. The number of likely N-dealkylation sites (tertiary alicyclic amines) is 1. The molecule has 6 nitrogen and oxygen atoms in total. The van der Waals surface area contributed by atoms with Gasteiger partial charge in [0.1, 0.15) is 0 Å². The molecule has 0 spiro atoms. The van der Waals surface area contributed by atoms with Gasteiger partial charge < -0.3 is 20.4 Å². The topological polar surface area (TPSA) is 89.9 Å². The minimum Gasteiger partial charge on any atom is -0.479 e. The standard InChI is InChI=1S/C12H22N2O4/c1-3-12(2)4-6-14(7-5-12)11(18)13-8-9(15)10(16)17/h9,15H,3-8H2,1-2H3,(H,13,18)(H,16,17)/t9-/m0/s1. The van der Waals surface area contributed by atoms with Crippen molar-refractivity contribution in [1.82, 2.24) is 10.2 Å². The quantitative estimate of drug-likeness (QED) is 0.690. The van der Waals surface area contributed by atoms with E-state index in [2.05, 4.69) is 19.2 Å². The summed E-state index contributed by atoms with van der Waals surface area (Å²) in [5, 5.41) is 20.0. The van der Waals surface area contributed by atoms with Gasteiger partial charge in [-0.1, -0.05) is 20.3 Å². The second-order valence-electron chi connectivity index (χ2n) is 5.19. The summed E-state index contributed by atoms with van der Waals surface area (Å²) in [6, 6.07) is -0.298. The van der Waals surface area contributed by atoms with Crippen LogP contribution in [0.1, 0.15) is 33.1 Å². The molecular formula is C12H22N2O4. The number of rotatable bonds is 4. The molecule has 1 fully saturated rings. The lowest BCUT2D eigenvalue weighted by Crippen LogP contribution is -2.48. The van der Waals surface area contributed by atoms with Crippen molar-refractivity contribution in [1.29, 1.82) is 0 Å². The molecule has 1 aliphatic heterocycles. The second kappa shape index (κ2) is 6.04. The lowest BCUT2D eigenvalue weighted by atomic mass is 9.78. The molecule has 2 amide bonds. The Hall–Kier alpha value is -1.30. The molecule has 1 saturated heterocycles. The van der Waals surface area contributed by atoms with Crippen LogP contribution in [0, 0.1) is 5.41 Å². The monoisotopic (exact) mass is 258 g/mol. The van der Waals surface area contributed by atoms with Crippen molar-refractivity contribution in [2.45, 2.75) is 39.2 Å². The summed E-state index contributed by atoms with van der Waals surface area (Å²) in [6.45, 7) is 5.48. The highest BCUT2D eigenvalue weighted by Crippen LogP contribution is 2.33. The number of nitrogens with one attached hydrogen (secondary N) is 1. The Bertz CT molecular complexity index is 311. The van der Waals surface area contributed by atoms with Gasteiger partial charge >= 0.3 is 12.0 Å². The van der Waals surface area contributed by atoms with Gasteiger partial charge in [-0.2, -0.15) is 0 Å². The number of aliphatic hydroxyl groups excluding tert-OH is 1. The van der Waals surface area contributed by atoms with Gasteiger partial charge in [0, 0.05) is 13.1 Å². The van der Waals surface area contributed by atoms with Gasteiger partial charge in [0.2, 0.25) is 0 Å². The van der Waals surface area contributed by atoms with Crippen LogP contribution in [0.3, 0.4) is 0 Å². The first-order chi connectivity index (χ1) is 8.38. The zero-order valence-electron chi connectivity index (χ0n) is 11.0. The number of carbonyl (C=O) groups is 2. The number of aliphatic carboxylic acids is 1. The zero-order valence-corrected chi connectivity index (χ0v) is 11.0. The Labute approximate surface area is 107 Å². The number of hydrogen-bond acceptors (Lipinski definition) is 3. The van der Waals surface area contributed by atoms with E-state index in [4.69, 9.17) is 10.2 Å². The number of nitrogens with zero attached hydrogens (tertiary/aromatic N) is 1. The molecule has 1 heterocycles. The highest BCUT2D eigenvalue weighted by Gasteiger charge is 2.30. The van der Waals surface area contributed by atoms with Crippen LogP contribution in [0.25, 0.3) is 0 Å². The minimum atomic E-state index is -1.54. The molecule has 1 rings (SSSR count). The summed E-state index contributed by atoms with van der Waals surface area (Å²) in [5.74, 6) is -1.33. The van der Waals surface area contributed by atoms with Crippen molar-refractivity contribution in [3.63, 3.8) is 0 Å². The van der Waals surface area contributed by atoms with Gasteiger partial charge in [-0.05, 0) is 18.3 Å². The van der Waals surface area contributed by atoms with E-state index in [9.17, 15) is 9.59 Å². The average molecular weight is 258 g/mol. The third kappa shape index (κ3) is 3.87. The molecule has 0 bridgehead atoms. The predicted molar refractivity (Wildman–Crippen MR) is 66.2 cm³/mol. The first-order valence-electron chi connectivity index (χ1n) is 6.31. The van der Waals surface area contributed by atoms with Crippen molar-refractivity contribution in [3.05, 3.63) is 0 Å². The molecule has 0 aromatic heterocycles. The molecule has 6 heteroatoms. The molecule has 0 radical (unpaired) electrons. The van der Waals surface area contributed by atoms with Crippen LogP contribution < -0.4 is 5.32 Å². The highest BCUT2D eigenvalue weighted by molar-refractivity contribution is 5.76. The Morgan fingerprint density at radius 1 is 1.39 bits per heavy atom. The van der Waals surface area contributed by atoms with E-state index in [0.717, 1.165) is 19.3 Å². The van der Waals surface area contributed by atoms with E-state index >= 15 is 0 Å². The Kier molecular flexibility index (Phi) is 4.95. The normalized spacial score (nSPS) is 20.3. The lowest BCUT2D eigenvalue weighted by molar-refractivity contribution is -0.146. The maximum Gasteiger partial charge on any atom is 0.334 e. The zero-order chi connectivity index (χ0) is 13.8. The van der Waals surface area contributed by atoms with E-state index in [-0.39, 0.29) is 12.6 Å². The van der Waals surface area contributed by atoms with Gasteiger partial charge in [-0.25, -0.2) is 9.59 Å². The van der Waals surface area contributed by atoms with Gasteiger partial charge in [0.25, 0.3) is 0 Å². The number of carboxylic acid groups (broad SMARTS) is 1. The van der Waals surface area contributed by atoms with Gasteiger partial charge in [-0.15, -0.1) is 0 Å². The molecule has 104 valence electrons. The fraction of sp³-hybridized carbons (Fsp3) is 0.833. The van der Waals surface area contributed by atoms with Crippen molar-refractivity contribution in [2.75, 3.05) is 19.6 Å². The summed E-state index contributed by atoms with van der Waals surface area (Å²) in [6.07, 6.45) is 1.47. The Morgan fingerprint density at radius 3 is 2.39 bits per heavy atom. The highest BCUT2D eigenvalue weighted by atomic mass is 16.4. The van der Waals surface area contributed by atoms with Gasteiger partial charge in [0.05, 0.1) is 6.54 Å². The largest absolute Gasteiger partial charge is 0.479 e. The van der Waals surface area contributed by atoms with E-state index in [1.54, 1.807) is 4.90 Å². The number of urea groups is 1. The minimum absolute atomic E-state index is 0.254. The molecule has 18 heavy (non-hydrogen) atoms. The summed E-state index contributed by atoms with van der Waals surface area (Å²) in [7, 11) is 0. The number of carboxylic acids is 1. The third-order valence-corrected chi connectivity index (χ3v) is 3.84. The average Bonchev–Trinajstić information content (AvgIpc) is 2.36. The maximum atomic E-state index is 11.7. The predicted octanol–water partition coefficient (Wildman–Crippen LogP) is 0.654. The van der Waals surface area contributed by atoms with Crippen LogP contribution >= 0.6 is 0 Å². The molecule has 1 aliphatic rings. The van der Waals surface area contributed by atoms with Gasteiger partial charge in [0.15, 0.2) is 6.10 Å².